The number of rotatable bonds is 5. The lowest BCUT2D eigenvalue weighted by Crippen LogP contribution is -2.34. The molecule has 0 aromatic heterocycles. The predicted molar refractivity (Wildman–Crippen MR) is 76.0 cm³/mol. The van der Waals surface area contributed by atoms with Gasteiger partial charge in [0.05, 0.1) is 6.10 Å². The van der Waals surface area contributed by atoms with Crippen LogP contribution in [0, 0.1) is 0 Å². The second-order valence-electron chi connectivity index (χ2n) is 5.79. The van der Waals surface area contributed by atoms with Gasteiger partial charge in [0.2, 0.25) is 0 Å². The normalized spacial score (nSPS) is 31.2. The van der Waals surface area contributed by atoms with Gasteiger partial charge in [-0.05, 0) is 71.1 Å². The lowest BCUT2D eigenvalue weighted by molar-refractivity contribution is 0.0111. The summed E-state index contributed by atoms with van der Waals surface area (Å²) >= 11 is 0. The van der Waals surface area contributed by atoms with Gasteiger partial charge >= 0.3 is 0 Å². The van der Waals surface area contributed by atoms with Gasteiger partial charge in [0.25, 0.3) is 0 Å². The minimum absolute atomic E-state index is 0.532. The van der Waals surface area contributed by atoms with Crippen LogP contribution in [0.25, 0.3) is 0 Å². The Morgan fingerprint density at radius 3 is 2.83 bits per heavy atom. The van der Waals surface area contributed by atoms with Crippen molar-refractivity contribution in [2.45, 2.75) is 64.0 Å². The third-order valence-electron chi connectivity index (χ3n) is 4.44. The number of nitrogens with one attached hydrogen (secondary N) is 1. The average molecular weight is 254 g/mol. The first kappa shape index (κ1) is 14.3. The quantitative estimate of drug-likeness (QED) is 0.815. The van der Waals surface area contributed by atoms with Crippen molar-refractivity contribution in [3.8, 4) is 0 Å². The summed E-state index contributed by atoms with van der Waals surface area (Å²) in [7, 11) is 0. The Balaban J connectivity index is 1.58. The summed E-state index contributed by atoms with van der Waals surface area (Å²) in [4.78, 5) is 2.58. The molecule has 0 spiro atoms. The number of ether oxygens (including phenoxy) is 1. The third kappa shape index (κ3) is 4.87. The molecule has 1 N–H and O–H groups in total. The van der Waals surface area contributed by atoms with E-state index in [2.05, 4.69) is 17.1 Å². The van der Waals surface area contributed by atoms with Gasteiger partial charge in [-0.15, -0.1) is 0 Å². The van der Waals surface area contributed by atoms with Gasteiger partial charge in [0.15, 0.2) is 0 Å². The molecule has 2 fully saturated rings. The molecule has 3 heteroatoms. The van der Waals surface area contributed by atoms with E-state index in [4.69, 9.17) is 4.74 Å². The fourth-order valence-electron chi connectivity index (χ4n) is 3.16. The maximum absolute atomic E-state index is 5.78. The van der Waals surface area contributed by atoms with E-state index >= 15 is 0 Å². The van der Waals surface area contributed by atoms with E-state index in [0.29, 0.717) is 6.10 Å². The maximum Gasteiger partial charge on any atom is 0.0587 e. The lowest BCUT2D eigenvalue weighted by atomic mass is 10.1. The van der Waals surface area contributed by atoms with Crippen LogP contribution < -0.4 is 5.32 Å². The van der Waals surface area contributed by atoms with Gasteiger partial charge in [-0.25, -0.2) is 0 Å². The minimum Gasteiger partial charge on any atom is -0.378 e. The van der Waals surface area contributed by atoms with Crippen molar-refractivity contribution < 1.29 is 4.74 Å². The number of likely N-dealkylation sites (tertiary alicyclic amines) is 1. The first-order chi connectivity index (χ1) is 8.88. The molecule has 3 nitrogen and oxygen atoms in total. The Bertz CT molecular complexity index is 217. The van der Waals surface area contributed by atoms with Crippen molar-refractivity contribution in [1.29, 1.82) is 0 Å². The van der Waals surface area contributed by atoms with E-state index in [1.54, 1.807) is 0 Å². The maximum atomic E-state index is 5.78. The van der Waals surface area contributed by atoms with Gasteiger partial charge in [0.1, 0.15) is 0 Å². The van der Waals surface area contributed by atoms with Gasteiger partial charge in [-0.3, -0.25) is 0 Å². The molecule has 2 saturated heterocycles. The molecule has 0 bridgehead atoms. The van der Waals surface area contributed by atoms with Crippen molar-refractivity contribution in [1.82, 2.24) is 10.2 Å². The Hall–Kier alpha value is -0.120. The predicted octanol–water partition coefficient (Wildman–Crippen LogP) is 2.41. The molecule has 0 saturated carbocycles. The molecule has 2 rings (SSSR count). The molecule has 2 atom stereocenters. The molecular weight excluding hydrogens is 224 g/mol. The summed E-state index contributed by atoms with van der Waals surface area (Å²) < 4.78 is 5.78. The molecule has 0 aromatic carbocycles. The molecular formula is C15H30N2O. The Morgan fingerprint density at radius 2 is 2.06 bits per heavy atom. The van der Waals surface area contributed by atoms with Crippen molar-refractivity contribution in [3.05, 3.63) is 0 Å². The fourth-order valence-corrected chi connectivity index (χ4v) is 3.16. The molecule has 2 aliphatic rings. The van der Waals surface area contributed by atoms with Gasteiger partial charge in [-0.2, -0.15) is 0 Å². The largest absolute Gasteiger partial charge is 0.378 e. The highest BCUT2D eigenvalue weighted by Crippen LogP contribution is 2.16. The molecule has 2 unspecified atom stereocenters. The van der Waals surface area contributed by atoms with E-state index in [1.807, 2.05) is 0 Å². The number of nitrogens with zero attached hydrogens (tertiary/aromatic N) is 1. The zero-order chi connectivity index (χ0) is 12.6. The van der Waals surface area contributed by atoms with E-state index < -0.39 is 0 Å². The third-order valence-corrected chi connectivity index (χ3v) is 4.44. The summed E-state index contributed by atoms with van der Waals surface area (Å²) in [5.41, 5.74) is 0. The van der Waals surface area contributed by atoms with Gasteiger partial charge in [-0.1, -0.05) is 6.92 Å². The topological polar surface area (TPSA) is 24.5 Å². The molecule has 18 heavy (non-hydrogen) atoms. The zero-order valence-corrected chi connectivity index (χ0v) is 12.0. The van der Waals surface area contributed by atoms with Crippen LogP contribution in [0.1, 0.15) is 51.9 Å². The zero-order valence-electron chi connectivity index (χ0n) is 12.0. The van der Waals surface area contributed by atoms with Crippen LogP contribution in [-0.4, -0.2) is 49.8 Å². The molecule has 2 heterocycles. The standard InChI is InChI=1S/C15H30N2O/c1-2-17-11-5-6-14(9-12-17)16-10-8-15-7-3-4-13-18-15/h14-16H,2-13H2,1H3. The minimum atomic E-state index is 0.532. The van der Waals surface area contributed by atoms with E-state index in [1.165, 1.54) is 64.6 Å². The summed E-state index contributed by atoms with van der Waals surface area (Å²) in [6.45, 7) is 8.17. The summed E-state index contributed by atoms with van der Waals surface area (Å²) in [5, 5.41) is 3.75. The Labute approximate surface area is 112 Å². The summed E-state index contributed by atoms with van der Waals surface area (Å²) in [6, 6.07) is 0.741. The van der Waals surface area contributed by atoms with Crippen molar-refractivity contribution in [2.24, 2.45) is 0 Å². The smallest absolute Gasteiger partial charge is 0.0587 e. The molecule has 0 amide bonds. The highest BCUT2D eigenvalue weighted by Gasteiger charge is 2.17. The second kappa shape index (κ2) is 8.13. The Morgan fingerprint density at radius 1 is 1.11 bits per heavy atom. The first-order valence-electron chi connectivity index (χ1n) is 7.96. The van der Waals surface area contributed by atoms with Crippen molar-refractivity contribution >= 4 is 0 Å². The molecule has 2 aliphatic heterocycles. The number of hydrogen-bond donors (Lipinski definition) is 1. The molecule has 0 radical (unpaired) electrons. The Kier molecular flexibility index (Phi) is 6.46. The van der Waals surface area contributed by atoms with Crippen LogP contribution >= 0.6 is 0 Å². The van der Waals surface area contributed by atoms with Crippen LogP contribution in [0.2, 0.25) is 0 Å². The lowest BCUT2D eigenvalue weighted by Gasteiger charge is -2.24. The fraction of sp³-hybridized carbons (Fsp3) is 1.00. The van der Waals surface area contributed by atoms with Crippen molar-refractivity contribution in [2.75, 3.05) is 32.8 Å². The van der Waals surface area contributed by atoms with Crippen LogP contribution in [0.5, 0.6) is 0 Å². The SMILES string of the molecule is CCN1CCCC(NCCC2CCCCO2)CC1. The van der Waals surface area contributed by atoms with Crippen molar-refractivity contribution in [3.63, 3.8) is 0 Å². The monoisotopic (exact) mass is 254 g/mol. The van der Waals surface area contributed by atoms with E-state index in [-0.39, 0.29) is 0 Å². The van der Waals surface area contributed by atoms with Crippen LogP contribution in [-0.2, 0) is 4.74 Å². The highest BCUT2D eigenvalue weighted by atomic mass is 16.5. The van der Waals surface area contributed by atoms with Gasteiger partial charge < -0.3 is 15.0 Å². The van der Waals surface area contributed by atoms with E-state index in [0.717, 1.165) is 19.2 Å². The molecule has 106 valence electrons. The molecule has 0 aliphatic carbocycles. The molecule has 0 aromatic rings. The first-order valence-corrected chi connectivity index (χ1v) is 7.96. The average Bonchev–Trinajstić information content (AvgIpc) is 2.65. The van der Waals surface area contributed by atoms with E-state index in [9.17, 15) is 0 Å². The summed E-state index contributed by atoms with van der Waals surface area (Å²) in [5.74, 6) is 0. The second-order valence-corrected chi connectivity index (χ2v) is 5.79. The number of hydrogen-bond acceptors (Lipinski definition) is 3. The van der Waals surface area contributed by atoms with Crippen LogP contribution in [0.4, 0.5) is 0 Å². The van der Waals surface area contributed by atoms with Crippen LogP contribution in [0.15, 0.2) is 0 Å². The summed E-state index contributed by atoms with van der Waals surface area (Å²) in [6.07, 6.45) is 9.65. The highest BCUT2D eigenvalue weighted by molar-refractivity contribution is 4.75. The van der Waals surface area contributed by atoms with Crippen LogP contribution in [0.3, 0.4) is 0 Å². The van der Waals surface area contributed by atoms with Gasteiger partial charge in [0, 0.05) is 12.6 Å².